The van der Waals surface area contributed by atoms with Crippen molar-refractivity contribution in [1.82, 2.24) is 9.99 Å². The first-order valence-electron chi connectivity index (χ1n) is 11.8. The molecule has 1 aromatic heterocycles. The topological polar surface area (TPSA) is 127 Å². The zero-order valence-electron chi connectivity index (χ0n) is 21.3. The third kappa shape index (κ3) is 6.01. The average Bonchev–Trinajstić information content (AvgIpc) is 3.20. The first-order valence-corrected chi connectivity index (χ1v) is 14.0. The van der Waals surface area contributed by atoms with Crippen molar-refractivity contribution in [1.29, 1.82) is 0 Å². The van der Waals surface area contributed by atoms with Crippen molar-refractivity contribution in [3.05, 3.63) is 116 Å². The fourth-order valence-corrected chi connectivity index (χ4v) is 6.22. The van der Waals surface area contributed by atoms with Gasteiger partial charge < -0.3 is 4.57 Å². The molecule has 40 heavy (non-hydrogen) atoms. The SMILES string of the molecule is Cc1cc(/C=N\NC(=O)CN(c2ccccc2)S(=O)(=O)c2ccccc2[N+](=O)[O-])c(C)n1-c1ccc(Cl)cc1Cl. The molecule has 0 saturated heterocycles. The highest BCUT2D eigenvalue weighted by Gasteiger charge is 2.33. The van der Waals surface area contributed by atoms with E-state index in [1.165, 1.54) is 30.5 Å². The van der Waals surface area contributed by atoms with Gasteiger partial charge in [0.15, 0.2) is 4.90 Å². The van der Waals surface area contributed by atoms with Gasteiger partial charge in [0, 0.05) is 28.0 Å². The van der Waals surface area contributed by atoms with E-state index < -0.39 is 38.0 Å². The highest BCUT2D eigenvalue weighted by Crippen LogP contribution is 2.30. The molecule has 0 saturated carbocycles. The summed E-state index contributed by atoms with van der Waals surface area (Å²) >= 11 is 12.4. The van der Waals surface area contributed by atoms with Crippen molar-refractivity contribution in [3.63, 3.8) is 0 Å². The smallest absolute Gasteiger partial charge is 0.289 e. The second kappa shape index (κ2) is 11.9. The molecule has 0 unspecified atom stereocenters. The van der Waals surface area contributed by atoms with Gasteiger partial charge in [-0.2, -0.15) is 5.10 Å². The van der Waals surface area contributed by atoms with Gasteiger partial charge in [-0.1, -0.05) is 53.5 Å². The number of sulfonamides is 1. The van der Waals surface area contributed by atoms with Crippen LogP contribution in [0.25, 0.3) is 5.69 Å². The van der Waals surface area contributed by atoms with E-state index >= 15 is 0 Å². The fourth-order valence-electron chi connectivity index (χ4n) is 4.15. The van der Waals surface area contributed by atoms with E-state index in [-0.39, 0.29) is 5.69 Å². The maximum Gasteiger partial charge on any atom is 0.289 e. The lowest BCUT2D eigenvalue weighted by Gasteiger charge is -2.23. The van der Waals surface area contributed by atoms with Gasteiger partial charge in [0.05, 0.1) is 27.5 Å². The first kappa shape index (κ1) is 28.8. The van der Waals surface area contributed by atoms with Crippen molar-refractivity contribution in [2.75, 3.05) is 10.8 Å². The monoisotopic (exact) mass is 599 g/mol. The number of carbonyl (C=O) groups excluding carboxylic acids is 1. The van der Waals surface area contributed by atoms with Crippen molar-refractivity contribution >= 4 is 56.7 Å². The van der Waals surface area contributed by atoms with Crippen LogP contribution in [0.1, 0.15) is 17.0 Å². The number of nitro groups is 1. The van der Waals surface area contributed by atoms with E-state index in [1.807, 2.05) is 24.5 Å². The maximum absolute atomic E-state index is 13.5. The van der Waals surface area contributed by atoms with Gasteiger partial charge in [-0.3, -0.25) is 19.2 Å². The summed E-state index contributed by atoms with van der Waals surface area (Å²) in [7, 11) is -4.50. The van der Waals surface area contributed by atoms with Crippen molar-refractivity contribution < 1.29 is 18.1 Å². The largest absolute Gasteiger partial charge is 0.316 e. The number of amides is 1. The summed E-state index contributed by atoms with van der Waals surface area (Å²) in [4.78, 5) is 23.1. The van der Waals surface area contributed by atoms with Crippen LogP contribution < -0.4 is 9.73 Å². The minimum atomic E-state index is -4.50. The highest BCUT2D eigenvalue weighted by molar-refractivity contribution is 7.93. The number of rotatable bonds is 9. The molecular formula is C27H23Cl2N5O5S. The quantitative estimate of drug-likeness (QED) is 0.151. The van der Waals surface area contributed by atoms with Crippen LogP contribution in [0.15, 0.2) is 88.9 Å². The Hall–Kier alpha value is -4.19. The maximum atomic E-state index is 13.5. The molecule has 3 aromatic carbocycles. The number of para-hydroxylation sites is 2. The number of anilines is 1. The van der Waals surface area contributed by atoms with Crippen LogP contribution in [0.3, 0.4) is 0 Å². The number of aromatic nitrogens is 1. The molecule has 0 bridgehead atoms. The Morgan fingerprint density at radius 1 is 1.05 bits per heavy atom. The number of nitrogens with one attached hydrogen (secondary N) is 1. The minimum Gasteiger partial charge on any atom is -0.316 e. The molecule has 0 aliphatic heterocycles. The number of carbonyl (C=O) groups is 1. The lowest BCUT2D eigenvalue weighted by atomic mass is 10.2. The van der Waals surface area contributed by atoms with Crippen LogP contribution >= 0.6 is 23.2 Å². The fraction of sp³-hybridized carbons (Fsp3) is 0.111. The average molecular weight is 600 g/mol. The molecular weight excluding hydrogens is 577 g/mol. The van der Waals surface area contributed by atoms with Gasteiger partial charge in [-0.15, -0.1) is 0 Å². The molecule has 206 valence electrons. The van der Waals surface area contributed by atoms with E-state index in [0.717, 1.165) is 33.5 Å². The molecule has 0 fully saturated rings. The number of halogens is 2. The Balaban J connectivity index is 1.58. The van der Waals surface area contributed by atoms with Crippen molar-refractivity contribution in [3.8, 4) is 5.69 Å². The Labute approximate surface area is 240 Å². The molecule has 1 heterocycles. The molecule has 0 aliphatic carbocycles. The Morgan fingerprint density at radius 2 is 1.73 bits per heavy atom. The predicted molar refractivity (Wildman–Crippen MR) is 155 cm³/mol. The standard InChI is InChI=1S/C27H23Cl2N5O5S/c1-18-14-20(19(2)33(18)24-13-12-21(28)15-23(24)29)16-30-31-27(35)17-32(22-8-4-3-5-9-22)40(38,39)26-11-7-6-10-25(26)34(36)37/h3-16H,17H2,1-2H3,(H,31,35)/b30-16-. The molecule has 4 rings (SSSR count). The van der Waals surface area contributed by atoms with E-state index in [1.54, 1.807) is 36.4 Å². The molecule has 4 aromatic rings. The number of nitrogens with zero attached hydrogens (tertiary/aromatic N) is 4. The second-order valence-corrected chi connectivity index (χ2v) is 11.3. The Kier molecular flexibility index (Phi) is 8.58. The summed E-state index contributed by atoms with van der Waals surface area (Å²) in [5.41, 5.74) is 4.98. The molecule has 0 spiro atoms. The summed E-state index contributed by atoms with van der Waals surface area (Å²) in [6, 6.07) is 19.8. The Bertz CT molecular complexity index is 1720. The molecule has 0 atom stereocenters. The van der Waals surface area contributed by atoms with E-state index in [2.05, 4.69) is 10.5 Å². The van der Waals surface area contributed by atoms with Gasteiger partial charge in [0.2, 0.25) is 0 Å². The zero-order valence-corrected chi connectivity index (χ0v) is 23.6. The van der Waals surface area contributed by atoms with Crippen LogP contribution in [-0.4, -0.2) is 36.6 Å². The third-order valence-corrected chi connectivity index (χ3v) is 8.33. The number of benzene rings is 3. The lowest BCUT2D eigenvalue weighted by Crippen LogP contribution is -2.39. The lowest BCUT2D eigenvalue weighted by molar-refractivity contribution is -0.387. The highest BCUT2D eigenvalue weighted by atomic mass is 35.5. The van der Waals surface area contributed by atoms with Crippen LogP contribution in [0.5, 0.6) is 0 Å². The van der Waals surface area contributed by atoms with Gasteiger partial charge in [-0.05, 0) is 56.3 Å². The molecule has 13 heteroatoms. The van der Waals surface area contributed by atoms with E-state index in [4.69, 9.17) is 23.2 Å². The number of hydrazone groups is 1. The van der Waals surface area contributed by atoms with E-state index in [0.29, 0.717) is 15.6 Å². The summed E-state index contributed by atoms with van der Waals surface area (Å²) in [6.07, 6.45) is 1.43. The number of aryl methyl sites for hydroxylation is 1. The first-order chi connectivity index (χ1) is 19.0. The molecule has 0 aliphatic rings. The zero-order chi connectivity index (χ0) is 29.0. The Morgan fingerprint density at radius 3 is 2.40 bits per heavy atom. The second-order valence-electron chi connectivity index (χ2n) is 8.62. The molecule has 0 radical (unpaired) electrons. The normalized spacial score (nSPS) is 11.5. The summed E-state index contributed by atoms with van der Waals surface area (Å²) in [5, 5.41) is 16.5. The summed E-state index contributed by atoms with van der Waals surface area (Å²) in [5.74, 6) is -0.753. The predicted octanol–water partition coefficient (Wildman–Crippen LogP) is 5.65. The van der Waals surface area contributed by atoms with Crippen LogP contribution in [-0.2, 0) is 14.8 Å². The number of hydrogen-bond acceptors (Lipinski definition) is 6. The van der Waals surface area contributed by atoms with Gasteiger partial charge in [-0.25, -0.2) is 13.8 Å². The van der Waals surface area contributed by atoms with Crippen LogP contribution in [0.2, 0.25) is 10.0 Å². The third-order valence-electron chi connectivity index (χ3n) is 5.98. The number of nitro benzene ring substituents is 1. The van der Waals surface area contributed by atoms with Gasteiger partial charge in [0.25, 0.3) is 21.6 Å². The van der Waals surface area contributed by atoms with Crippen molar-refractivity contribution in [2.45, 2.75) is 18.7 Å². The number of hydrogen-bond donors (Lipinski definition) is 1. The summed E-state index contributed by atoms with van der Waals surface area (Å²) in [6.45, 7) is 3.08. The van der Waals surface area contributed by atoms with Crippen LogP contribution in [0, 0.1) is 24.0 Å². The van der Waals surface area contributed by atoms with E-state index in [9.17, 15) is 23.3 Å². The van der Waals surface area contributed by atoms with Gasteiger partial charge >= 0.3 is 0 Å². The van der Waals surface area contributed by atoms with Crippen molar-refractivity contribution in [2.24, 2.45) is 5.10 Å². The van der Waals surface area contributed by atoms with Crippen LogP contribution in [0.4, 0.5) is 11.4 Å². The van der Waals surface area contributed by atoms with Gasteiger partial charge in [0.1, 0.15) is 6.54 Å². The molecule has 10 nitrogen and oxygen atoms in total. The molecule has 1 N–H and O–H groups in total. The summed E-state index contributed by atoms with van der Waals surface area (Å²) < 4.78 is 29.8. The minimum absolute atomic E-state index is 0.156. The molecule has 1 amide bonds.